The van der Waals surface area contributed by atoms with Crippen LogP contribution in [0.15, 0.2) is 47.1 Å². The molecule has 44 heavy (non-hydrogen) atoms. The van der Waals surface area contributed by atoms with Crippen LogP contribution in [-0.2, 0) is 22.6 Å². The van der Waals surface area contributed by atoms with E-state index in [-0.39, 0.29) is 36.1 Å². The van der Waals surface area contributed by atoms with Crippen LogP contribution in [0.3, 0.4) is 0 Å². The molecule has 0 spiro atoms. The molecule has 0 radical (unpaired) electrons. The number of allylic oxidation sites excluding steroid dienone is 1. The fourth-order valence-corrected chi connectivity index (χ4v) is 6.77. The first kappa shape index (κ1) is 31.1. The monoisotopic (exact) mass is 610 g/mol. The third-order valence-electron chi connectivity index (χ3n) is 8.93. The number of Topliss-reactive ketones (excluding diaryl/α,β-unsaturated/α-hetero) is 2. The topological polar surface area (TPSA) is 196 Å². The number of nitrogens with one attached hydrogen (secondary N) is 1. The number of carbonyl (C=O) groups excluding carboxylic acids is 3. The number of benzene rings is 1. The Hall–Kier alpha value is -4.33. The molecule has 2 aromatic rings. The lowest BCUT2D eigenvalue weighted by Gasteiger charge is -2.50. The van der Waals surface area contributed by atoms with Gasteiger partial charge < -0.3 is 36.2 Å². The van der Waals surface area contributed by atoms with Gasteiger partial charge in [0.15, 0.2) is 11.4 Å². The molecule has 0 aliphatic heterocycles. The molecular weight excluding hydrogens is 575 g/mol. The van der Waals surface area contributed by atoms with E-state index in [1.54, 1.807) is 45.4 Å². The Morgan fingerprint density at radius 2 is 1.98 bits per heavy atom. The number of nitrogens with two attached hydrogens (primary N) is 1. The van der Waals surface area contributed by atoms with E-state index in [9.17, 15) is 39.2 Å². The van der Waals surface area contributed by atoms with Crippen molar-refractivity contribution in [3.8, 4) is 22.8 Å². The number of aromatic hydroxyl groups is 1. The zero-order valence-electron chi connectivity index (χ0n) is 24.7. The van der Waals surface area contributed by atoms with Crippen molar-refractivity contribution in [2.45, 2.75) is 44.0 Å². The standard InChI is InChI=1S/C31H35FN4O8/c1-13(10-32)34-12-16-8-17(14-5-6-20(44-4)35-11-14)18-7-15-9-19-24(36(2)3)27(39)23(30(33)42)29(41)31(19,43)28(40)21(15)26(38)22(18)25(16)37/h5-6,8,11,13,15,19,24,34,37,39-40,43H,7,9-10,12H2,1-4H3,(H2,33,42)/t13?,15-,19-,24+,31-/m0/s1. The number of amides is 1. The van der Waals surface area contributed by atoms with Gasteiger partial charge in [0, 0.05) is 47.5 Å². The Bertz CT molecular complexity index is 1620. The maximum absolute atomic E-state index is 14.3. The molecule has 12 nitrogen and oxygen atoms in total. The van der Waals surface area contributed by atoms with Crippen LogP contribution in [0.4, 0.5) is 4.39 Å². The fraction of sp³-hybridized carbons (Fsp3) is 0.419. The van der Waals surface area contributed by atoms with Gasteiger partial charge in [-0.15, -0.1) is 0 Å². The number of hydrogen-bond donors (Lipinski definition) is 6. The summed E-state index contributed by atoms with van der Waals surface area (Å²) in [5.41, 5.74) is 3.29. The van der Waals surface area contributed by atoms with Gasteiger partial charge in [0.1, 0.15) is 29.5 Å². The number of nitrogens with zero attached hydrogens (tertiary/aromatic N) is 2. The summed E-state index contributed by atoms with van der Waals surface area (Å²) >= 11 is 0. The molecule has 0 saturated heterocycles. The number of methoxy groups -OCH3 is 1. The van der Waals surface area contributed by atoms with Gasteiger partial charge in [0.05, 0.1) is 18.7 Å². The molecular formula is C31H35FN4O8. The highest BCUT2D eigenvalue weighted by atomic mass is 19.1. The molecule has 13 heteroatoms. The molecule has 1 aromatic heterocycles. The van der Waals surface area contributed by atoms with Crippen LogP contribution in [0.2, 0.25) is 0 Å². The van der Waals surface area contributed by atoms with Gasteiger partial charge >= 0.3 is 0 Å². The van der Waals surface area contributed by atoms with E-state index < -0.39 is 76.5 Å². The van der Waals surface area contributed by atoms with Crippen LogP contribution in [0, 0.1) is 11.8 Å². The minimum atomic E-state index is -2.74. The Morgan fingerprint density at radius 1 is 1.27 bits per heavy atom. The van der Waals surface area contributed by atoms with Crippen molar-refractivity contribution in [1.82, 2.24) is 15.2 Å². The molecule has 1 amide bonds. The van der Waals surface area contributed by atoms with Crippen molar-refractivity contribution >= 4 is 17.5 Å². The third kappa shape index (κ3) is 4.62. The number of aliphatic hydroxyl groups is 3. The van der Waals surface area contributed by atoms with Gasteiger partial charge in [-0.05, 0) is 63.0 Å². The van der Waals surface area contributed by atoms with Crippen molar-refractivity contribution < 1.29 is 43.9 Å². The number of hydrogen-bond acceptors (Lipinski definition) is 11. The number of aromatic nitrogens is 1. The van der Waals surface area contributed by atoms with Crippen LogP contribution >= 0.6 is 0 Å². The number of phenols is 1. The van der Waals surface area contributed by atoms with E-state index in [1.165, 1.54) is 12.0 Å². The van der Waals surface area contributed by atoms with Crippen LogP contribution in [0.1, 0.15) is 34.8 Å². The Labute approximate surface area is 252 Å². The molecule has 1 aromatic carbocycles. The van der Waals surface area contributed by atoms with Crippen molar-refractivity contribution in [2.24, 2.45) is 17.6 Å². The number of rotatable bonds is 8. The lowest BCUT2D eigenvalue weighted by molar-refractivity contribution is -0.148. The first-order chi connectivity index (χ1) is 20.8. The number of halogens is 1. The first-order valence-electron chi connectivity index (χ1n) is 14.1. The maximum atomic E-state index is 14.3. The van der Waals surface area contributed by atoms with Gasteiger partial charge in [0.25, 0.3) is 5.91 Å². The lowest BCUT2D eigenvalue weighted by Crippen LogP contribution is -2.63. The van der Waals surface area contributed by atoms with Crippen molar-refractivity contribution in [1.29, 1.82) is 0 Å². The number of primary amides is 1. The highest BCUT2D eigenvalue weighted by Crippen LogP contribution is 2.53. The molecule has 0 bridgehead atoms. The van der Waals surface area contributed by atoms with E-state index in [1.807, 2.05) is 0 Å². The summed E-state index contributed by atoms with van der Waals surface area (Å²) in [6.07, 6.45) is 1.62. The predicted octanol–water partition coefficient (Wildman–Crippen LogP) is 1.64. The zero-order chi connectivity index (χ0) is 32.2. The lowest BCUT2D eigenvalue weighted by atomic mass is 9.58. The van der Waals surface area contributed by atoms with Crippen LogP contribution in [-0.4, -0.2) is 93.3 Å². The Balaban J connectivity index is 1.72. The average molecular weight is 611 g/mol. The zero-order valence-corrected chi connectivity index (χ0v) is 24.7. The number of fused-ring (bicyclic) bond motifs is 3. The molecule has 0 fully saturated rings. The third-order valence-corrected chi connectivity index (χ3v) is 8.93. The largest absolute Gasteiger partial charge is 0.510 e. The van der Waals surface area contributed by atoms with E-state index in [2.05, 4.69) is 10.3 Å². The van der Waals surface area contributed by atoms with Crippen LogP contribution in [0.5, 0.6) is 11.6 Å². The van der Waals surface area contributed by atoms with Gasteiger partial charge in [-0.3, -0.25) is 19.3 Å². The molecule has 5 rings (SSSR count). The molecule has 3 aliphatic rings. The molecule has 0 saturated carbocycles. The summed E-state index contributed by atoms with van der Waals surface area (Å²) in [6.45, 7) is 0.960. The van der Waals surface area contributed by atoms with E-state index in [0.29, 0.717) is 22.6 Å². The number of ether oxygens (including phenoxy) is 1. The van der Waals surface area contributed by atoms with Crippen LogP contribution < -0.4 is 15.8 Å². The summed E-state index contributed by atoms with van der Waals surface area (Å²) in [7, 11) is 4.61. The van der Waals surface area contributed by atoms with Gasteiger partial charge in [-0.1, -0.05) is 0 Å². The van der Waals surface area contributed by atoms with E-state index in [4.69, 9.17) is 10.5 Å². The van der Waals surface area contributed by atoms with Gasteiger partial charge in [0.2, 0.25) is 11.7 Å². The summed E-state index contributed by atoms with van der Waals surface area (Å²) in [5.74, 6) is -6.89. The predicted molar refractivity (Wildman–Crippen MR) is 156 cm³/mol. The summed E-state index contributed by atoms with van der Waals surface area (Å²) in [6, 6.07) is 3.43. The second kappa shape index (κ2) is 11.3. The van der Waals surface area contributed by atoms with Crippen molar-refractivity contribution in [3.63, 3.8) is 0 Å². The van der Waals surface area contributed by atoms with E-state index in [0.717, 1.165) is 0 Å². The SMILES string of the molecule is COc1ccc(-c2cc(CNC(C)CF)c(O)c3c2C[C@H]2C[C@H]4[C@@H](N(C)C)C(O)=C(C(N)=O)C(=O)[C@@]4(O)C(O)=C2C3=O)cn1. The quantitative estimate of drug-likeness (QED) is 0.238. The number of carbonyl (C=O) groups is 3. The molecule has 5 atom stereocenters. The Morgan fingerprint density at radius 3 is 2.55 bits per heavy atom. The first-order valence-corrected chi connectivity index (χ1v) is 14.1. The average Bonchev–Trinajstić information content (AvgIpc) is 2.98. The molecule has 1 unspecified atom stereocenters. The second-order valence-electron chi connectivity index (χ2n) is 11.8. The number of phenolic OH excluding ortho intramolecular Hbond substituents is 1. The highest BCUT2D eigenvalue weighted by molar-refractivity contribution is 6.25. The number of ketones is 2. The van der Waals surface area contributed by atoms with E-state index >= 15 is 0 Å². The number of likely N-dealkylation sites (N-methyl/N-ethyl adjacent to an activating group) is 1. The smallest absolute Gasteiger partial charge is 0.255 e. The molecule has 234 valence electrons. The number of aliphatic hydroxyl groups excluding tert-OH is 2. The van der Waals surface area contributed by atoms with Gasteiger partial charge in [-0.2, -0.15) is 0 Å². The van der Waals surface area contributed by atoms with Crippen molar-refractivity contribution in [3.05, 3.63) is 63.8 Å². The minimum absolute atomic E-state index is 0.00355. The minimum Gasteiger partial charge on any atom is -0.510 e. The molecule has 3 aliphatic carbocycles. The molecule has 7 N–H and O–H groups in total. The normalized spacial score (nSPS) is 25.5. The maximum Gasteiger partial charge on any atom is 0.255 e. The number of pyridine rings is 1. The summed E-state index contributed by atoms with van der Waals surface area (Å²) in [4.78, 5) is 45.8. The highest BCUT2D eigenvalue weighted by Gasteiger charge is 2.63. The fourth-order valence-electron chi connectivity index (χ4n) is 6.77. The number of alkyl halides is 1. The molecule has 1 heterocycles. The van der Waals surface area contributed by atoms with Crippen molar-refractivity contribution in [2.75, 3.05) is 27.9 Å². The van der Waals surface area contributed by atoms with Crippen LogP contribution in [0.25, 0.3) is 11.1 Å². The van der Waals surface area contributed by atoms with Gasteiger partial charge in [-0.25, -0.2) is 9.37 Å². The second-order valence-corrected chi connectivity index (χ2v) is 11.8. The Kier molecular flexibility index (Phi) is 7.99. The summed E-state index contributed by atoms with van der Waals surface area (Å²) < 4.78 is 18.4. The summed E-state index contributed by atoms with van der Waals surface area (Å²) in [5, 5.41) is 48.7.